The molecule has 2 rings (SSSR count). The largest absolute Gasteiger partial charge is 0.313 e. The van der Waals surface area contributed by atoms with Gasteiger partial charge in [0.2, 0.25) is 0 Å². The Bertz CT molecular complexity index is 664. The lowest BCUT2D eigenvalue weighted by atomic mass is 9.98. The van der Waals surface area contributed by atoms with E-state index >= 15 is 0 Å². The fourth-order valence-electron chi connectivity index (χ4n) is 2.07. The van der Waals surface area contributed by atoms with Crippen LogP contribution in [-0.2, 0) is 6.42 Å². The first-order valence-corrected chi connectivity index (χ1v) is 8.10. The minimum Gasteiger partial charge on any atom is -0.313 e. The van der Waals surface area contributed by atoms with Gasteiger partial charge in [0.05, 0.1) is 15.1 Å². The maximum absolute atomic E-state index is 14.1. The topological polar surface area (TPSA) is 12.0 Å². The molecule has 1 nitrogen and oxygen atoms in total. The molecule has 2 aromatic rings. The van der Waals surface area contributed by atoms with Gasteiger partial charge in [0, 0.05) is 16.1 Å². The van der Waals surface area contributed by atoms with Gasteiger partial charge >= 0.3 is 0 Å². The molecule has 0 spiro atoms. The van der Waals surface area contributed by atoms with E-state index in [1.54, 1.807) is 25.2 Å². The third kappa shape index (κ3) is 4.11. The summed E-state index contributed by atoms with van der Waals surface area (Å²) in [5, 5.41) is 4.56. The van der Waals surface area contributed by atoms with E-state index < -0.39 is 0 Å². The summed E-state index contributed by atoms with van der Waals surface area (Å²) in [4.78, 5) is 0. The molecule has 0 bridgehead atoms. The monoisotopic (exact) mass is 409 g/mol. The summed E-state index contributed by atoms with van der Waals surface area (Å²) in [7, 11) is 1.78. The Balaban J connectivity index is 2.31. The van der Waals surface area contributed by atoms with Crippen LogP contribution in [0.3, 0.4) is 0 Å². The molecule has 0 saturated heterocycles. The summed E-state index contributed by atoms with van der Waals surface area (Å²) in [6.07, 6.45) is 0.572. The van der Waals surface area contributed by atoms with E-state index in [1.807, 2.05) is 6.07 Å². The highest BCUT2D eigenvalue weighted by molar-refractivity contribution is 9.10. The smallest absolute Gasteiger partial charge is 0.129 e. The van der Waals surface area contributed by atoms with Gasteiger partial charge in [0.15, 0.2) is 0 Å². The van der Waals surface area contributed by atoms with Gasteiger partial charge in [-0.3, -0.25) is 0 Å². The van der Waals surface area contributed by atoms with Crippen LogP contribution in [0.1, 0.15) is 17.2 Å². The van der Waals surface area contributed by atoms with E-state index in [9.17, 15) is 4.39 Å². The molecule has 0 amide bonds. The normalized spacial score (nSPS) is 12.5. The molecule has 0 heterocycles. The molecule has 6 heteroatoms. The standard InChI is InChI=1S/C15H12BrCl3FN/c1-21-15(5-8-2-3-11(17)13(19)4-8)9-6-12(18)10(16)7-14(9)20/h2-4,6-7,15,21H,5H2,1H3. The van der Waals surface area contributed by atoms with E-state index in [0.717, 1.165) is 5.56 Å². The number of benzene rings is 2. The lowest BCUT2D eigenvalue weighted by Crippen LogP contribution is -2.20. The van der Waals surface area contributed by atoms with E-state index in [1.165, 1.54) is 6.07 Å². The van der Waals surface area contributed by atoms with Crippen LogP contribution in [0.15, 0.2) is 34.8 Å². The first-order chi connectivity index (χ1) is 9.92. The van der Waals surface area contributed by atoms with Crippen molar-refractivity contribution in [3.8, 4) is 0 Å². The molecule has 112 valence electrons. The molecular formula is C15H12BrCl3FN. The van der Waals surface area contributed by atoms with Crippen LogP contribution in [0.2, 0.25) is 15.1 Å². The van der Waals surface area contributed by atoms with E-state index in [0.29, 0.717) is 31.5 Å². The number of likely N-dealkylation sites (N-methyl/N-ethyl adjacent to an activating group) is 1. The lowest BCUT2D eigenvalue weighted by molar-refractivity contribution is 0.533. The molecule has 0 saturated carbocycles. The molecule has 0 aliphatic rings. The predicted molar refractivity (Wildman–Crippen MR) is 91.1 cm³/mol. The minimum atomic E-state index is -0.314. The van der Waals surface area contributed by atoms with Gasteiger partial charge in [-0.25, -0.2) is 4.39 Å². The zero-order valence-corrected chi connectivity index (χ0v) is 14.9. The molecular weight excluding hydrogens is 399 g/mol. The Morgan fingerprint density at radius 2 is 1.81 bits per heavy atom. The van der Waals surface area contributed by atoms with E-state index in [4.69, 9.17) is 34.8 Å². The number of hydrogen-bond donors (Lipinski definition) is 1. The lowest BCUT2D eigenvalue weighted by Gasteiger charge is -2.18. The van der Waals surface area contributed by atoms with Gasteiger partial charge in [-0.15, -0.1) is 0 Å². The van der Waals surface area contributed by atoms with Crippen LogP contribution in [0.25, 0.3) is 0 Å². The van der Waals surface area contributed by atoms with Crippen molar-refractivity contribution in [3.63, 3.8) is 0 Å². The second-order valence-electron chi connectivity index (χ2n) is 4.58. The van der Waals surface area contributed by atoms with Crippen molar-refractivity contribution in [3.05, 3.63) is 66.8 Å². The Morgan fingerprint density at radius 1 is 1.10 bits per heavy atom. The first-order valence-electron chi connectivity index (χ1n) is 6.18. The first kappa shape index (κ1) is 17.0. The molecule has 0 radical (unpaired) electrons. The number of hydrogen-bond acceptors (Lipinski definition) is 1. The Kier molecular flexibility index (Phi) is 5.92. The summed E-state index contributed by atoms with van der Waals surface area (Å²) < 4.78 is 14.7. The second-order valence-corrected chi connectivity index (χ2v) is 6.66. The molecule has 1 atom stereocenters. The van der Waals surface area contributed by atoms with Crippen LogP contribution in [0.5, 0.6) is 0 Å². The quantitative estimate of drug-likeness (QED) is 0.604. The average molecular weight is 412 g/mol. The molecule has 0 aromatic heterocycles. The Hall–Kier alpha value is -0.320. The fraction of sp³-hybridized carbons (Fsp3) is 0.200. The van der Waals surface area contributed by atoms with Crippen LogP contribution >= 0.6 is 50.7 Å². The summed E-state index contributed by atoms with van der Waals surface area (Å²) in [5.41, 5.74) is 1.47. The summed E-state index contributed by atoms with van der Waals surface area (Å²) in [5.74, 6) is -0.314. The Morgan fingerprint density at radius 3 is 2.43 bits per heavy atom. The molecule has 21 heavy (non-hydrogen) atoms. The van der Waals surface area contributed by atoms with Gasteiger partial charge in [0.25, 0.3) is 0 Å². The molecule has 2 aromatic carbocycles. The van der Waals surface area contributed by atoms with E-state index in [-0.39, 0.29) is 11.9 Å². The third-order valence-electron chi connectivity index (χ3n) is 3.19. The van der Waals surface area contributed by atoms with Crippen molar-refractivity contribution in [2.45, 2.75) is 12.5 Å². The molecule has 0 aliphatic carbocycles. The van der Waals surface area contributed by atoms with Crippen molar-refractivity contribution in [2.75, 3.05) is 7.05 Å². The van der Waals surface area contributed by atoms with Crippen molar-refractivity contribution >= 4 is 50.7 Å². The van der Waals surface area contributed by atoms with Crippen molar-refractivity contribution in [1.29, 1.82) is 0 Å². The Labute approximate surface area is 146 Å². The van der Waals surface area contributed by atoms with E-state index in [2.05, 4.69) is 21.2 Å². The molecule has 1 unspecified atom stereocenters. The van der Waals surface area contributed by atoms with Crippen LogP contribution in [0, 0.1) is 5.82 Å². The van der Waals surface area contributed by atoms with Gasteiger partial charge in [-0.1, -0.05) is 40.9 Å². The third-order valence-corrected chi connectivity index (χ3v) is 5.12. The maximum atomic E-state index is 14.1. The highest BCUT2D eigenvalue weighted by Gasteiger charge is 2.17. The molecule has 0 fully saturated rings. The van der Waals surface area contributed by atoms with Gasteiger partial charge < -0.3 is 5.32 Å². The second kappa shape index (κ2) is 7.30. The van der Waals surface area contributed by atoms with Crippen molar-refractivity contribution < 1.29 is 4.39 Å². The highest BCUT2D eigenvalue weighted by atomic mass is 79.9. The predicted octanol–water partition coefficient (Wildman–Crippen LogP) is 6.05. The van der Waals surface area contributed by atoms with Crippen LogP contribution < -0.4 is 5.32 Å². The van der Waals surface area contributed by atoms with Crippen molar-refractivity contribution in [2.24, 2.45) is 0 Å². The maximum Gasteiger partial charge on any atom is 0.129 e. The SMILES string of the molecule is CNC(Cc1ccc(Cl)c(Cl)c1)c1cc(Cl)c(Br)cc1F. The van der Waals surface area contributed by atoms with Crippen molar-refractivity contribution in [1.82, 2.24) is 5.32 Å². The zero-order valence-electron chi connectivity index (χ0n) is 11.1. The fourth-order valence-corrected chi connectivity index (χ4v) is 2.88. The summed E-state index contributed by atoms with van der Waals surface area (Å²) in [6, 6.07) is 8.17. The summed E-state index contributed by atoms with van der Waals surface area (Å²) in [6.45, 7) is 0. The summed E-state index contributed by atoms with van der Waals surface area (Å²) >= 11 is 21.2. The van der Waals surface area contributed by atoms with Gasteiger partial charge in [-0.2, -0.15) is 0 Å². The zero-order chi connectivity index (χ0) is 15.6. The number of nitrogens with one attached hydrogen (secondary N) is 1. The average Bonchev–Trinajstić information content (AvgIpc) is 2.44. The van der Waals surface area contributed by atoms with Crippen LogP contribution in [0.4, 0.5) is 4.39 Å². The van der Waals surface area contributed by atoms with Gasteiger partial charge in [0.1, 0.15) is 5.82 Å². The number of halogens is 5. The van der Waals surface area contributed by atoms with Crippen LogP contribution in [-0.4, -0.2) is 7.05 Å². The highest BCUT2D eigenvalue weighted by Crippen LogP contribution is 2.31. The number of rotatable bonds is 4. The molecule has 0 aliphatic heterocycles. The molecule has 1 N–H and O–H groups in total. The van der Waals surface area contributed by atoms with Gasteiger partial charge in [-0.05, 0) is 59.2 Å². The minimum absolute atomic E-state index is 0.215.